The average Bonchev–Trinajstić information content (AvgIpc) is 3.05. The summed E-state index contributed by atoms with van der Waals surface area (Å²) in [5, 5.41) is 40.7. The number of nitro benzene ring substituents is 1. The van der Waals surface area contributed by atoms with Crippen LogP contribution in [0.3, 0.4) is 0 Å². The number of rotatable bonds is 19. The zero-order chi connectivity index (χ0) is 35.5. The Balaban J connectivity index is 2.00. The Bertz CT molecular complexity index is 1420. The molecule has 0 heterocycles. The van der Waals surface area contributed by atoms with Crippen LogP contribution < -0.4 is 48.1 Å². The highest BCUT2D eigenvalue weighted by molar-refractivity contribution is 5.98. The normalized spacial score (nSPS) is 11.5. The second kappa shape index (κ2) is 20.1. The lowest BCUT2D eigenvalue weighted by atomic mass is 10.1. The second-order valence-corrected chi connectivity index (χ2v) is 10.2. The molecule has 0 fully saturated rings. The first-order chi connectivity index (χ1) is 22.9. The van der Waals surface area contributed by atoms with Crippen molar-refractivity contribution < 1.29 is 33.6 Å². The van der Waals surface area contributed by atoms with Gasteiger partial charge in [-0.25, -0.2) is 4.79 Å². The van der Waals surface area contributed by atoms with E-state index in [-0.39, 0.29) is 55.8 Å². The summed E-state index contributed by atoms with van der Waals surface area (Å²) < 4.78 is 10.3. The molecule has 0 aromatic heterocycles. The van der Waals surface area contributed by atoms with Crippen molar-refractivity contribution in [1.29, 1.82) is 10.8 Å². The van der Waals surface area contributed by atoms with Crippen LogP contribution in [0.4, 0.5) is 16.2 Å². The molecule has 48 heavy (non-hydrogen) atoms. The van der Waals surface area contributed by atoms with Crippen LogP contribution in [-0.2, 0) is 25.7 Å². The number of nitrogens with two attached hydrogens (primary N) is 2. The molecule has 260 valence electrons. The third-order valence-corrected chi connectivity index (χ3v) is 6.53. The fraction of sp³-hybridized carbons (Fsp3) is 0.379. The molecule has 0 aliphatic rings. The van der Waals surface area contributed by atoms with Crippen LogP contribution in [0.15, 0.2) is 48.5 Å². The third kappa shape index (κ3) is 14.8. The summed E-state index contributed by atoms with van der Waals surface area (Å²) in [6.07, 6.45) is -0.0104. The van der Waals surface area contributed by atoms with Crippen LogP contribution in [0.2, 0.25) is 0 Å². The third-order valence-electron chi connectivity index (χ3n) is 6.53. The Morgan fingerprint density at radius 1 is 0.833 bits per heavy atom. The highest BCUT2D eigenvalue weighted by atomic mass is 16.6. The molecule has 0 spiro atoms. The van der Waals surface area contributed by atoms with E-state index in [4.69, 9.17) is 31.8 Å². The summed E-state index contributed by atoms with van der Waals surface area (Å²) in [6, 6.07) is 9.73. The number of ether oxygens (including phenoxy) is 2. The molecule has 0 aliphatic heterocycles. The highest BCUT2D eigenvalue weighted by Crippen LogP contribution is 2.16. The van der Waals surface area contributed by atoms with Gasteiger partial charge in [0, 0.05) is 30.9 Å². The average molecular weight is 672 g/mol. The van der Waals surface area contributed by atoms with E-state index in [0.29, 0.717) is 24.2 Å². The number of alkyl carbamates (subject to hydrolysis) is 1. The first-order valence-electron chi connectivity index (χ1n) is 14.7. The molecular weight excluding hydrogens is 630 g/mol. The van der Waals surface area contributed by atoms with E-state index in [9.17, 15) is 29.3 Å². The lowest BCUT2D eigenvalue weighted by molar-refractivity contribution is -0.384. The molecule has 0 saturated heterocycles. The SMILES string of the molecule is COc1ccc(COC(=O)N[C@H](CCCNC(=N)N)C(=O)NCC(=O)N[C@@H](CCCNC(=N)N)C(=O)Nc2ccc([N+](=O)[O-])cc2)cc1. The minimum absolute atomic E-state index is 0.0796. The standard InChI is InChI=1S/C29H41N11O8/c1-47-21-12-6-18(7-13-21)17-48-29(44)39-22(4-2-14-34-27(30)31)25(42)36-16-24(41)38-23(5-3-15-35-28(32)33)26(43)37-19-8-10-20(11-9-19)40(45)46/h6-13,22-23H,2-5,14-17H2,1H3,(H,36,42)(H,37,43)(H,38,41)(H,39,44)(H4,30,31,34)(H4,32,33,35)/t22-,23+/m1/s1. The van der Waals surface area contributed by atoms with Crippen LogP contribution in [0.5, 0.6) is 5.75 Å². The van der Waals surface area contributed by atoms with E-state index in [2.05, 4.69) is 31.9 Å². The fourth-order valence-electron chi connectivity index (χ4n) is 4.08. The Kier molecular flexibility index (Phi) is 15.9. The number of benzene rings is 2. The summed E-state index contributed by atoms with van der Waals surface area (Å²) in [5.74, 6) is -1.94. The maximum atomic E-state index is 13.0. The van der Waals surface area contributed by atoms with Crippen molar-refractivity contribution >= 4 is 47.1 Å². The Morgan fingerprint density at radius 2 is 1.40 bits per heavy atom. The summed E-state index contributed by atoms with van der Waals surface area (Å²) >= 11 is 0. The van der Waals surface area contributed by atoms with Crippen LogP contribution in [-0.4, -0.2) is 79.5 Å². The number of guanidine groups is 2. The van der Waals surface area contributed by atoms with Gasteiger partial charge in [0.25, 0.3) is 5.69 Å². The van der Waals surface area contributed by atoms with Gasteiger partial charge in [0.1, 0.15) is 24.4 Å². The molecule has 0 saturated carbocycles. The molecule has 0 radical (unpaired) electrons. The maximum Gasteiger partial charge on any atom is 0.408 e. The van der Waals surface area contributed by atoms with Gasteiger partial charge >= 0.3 is 6.09 Å². The van der Waals surface area contributed by atoms with Gasteiger partial charge in [0.2, 0.25) is 17.7 Å². The van der Waals surface area contributed by atoms with Crippen molar-refractivity contribution in [1.82, 2.24) is 26.6 Å². The highest BCUT2D eigenvalue weighted by Gasteiger charge is 2.24. The quantitative estimate of drug-likeness (QED) is 0.0309. The molecule has 2 atom stereocenters. The zero-order valence-electron chi connectivity index (χ0n) is 26.3. The largest absolute Gasteiger partial charge is 0.497 e. The molecule has 2 aromatic carbocycles. The zero-order valence-corrected chi connectivity index (χ0v) is 26.3. The van der Waals surface area contributed by atoms with Gasteiger partial charge in [-0.1, -0.05) is 12.1 Å². The number of anilines is 1. The molecule has 0 unspecified atom stereocenters. The van der Waals surface area contributed by atoms with E-state index in [1.54, 1.807) is 24.3 Å². The number of nitro groups is 1. The van der Waals surface area contributed by atoms with E-state index >= 15 is 0 Å². The Hall–Kier alpha value is -6.14. The van der Waals surface area contributed by atoms with Crippen molar-refractivity contribution in [3.05, 3.63) is 64.2 Å². The predicted octanol–water partition coefficient (Wildman–Crippen LogP) is -0.0356. The second-order valence-electron chi connectivity index (χ2n) is 10.2. The molecule has 0 bridgehead atoms. The van der Waals surface area contributed by atoms with E-state index in [1.165, 1.54) is 31.4 Å². The lowest BCUT2D eigenvalue weighted by Gasteiger charge is -2.21. The van der Waals surface area contributed by atoms with E-state index in [0.717, 1.165) is 0 Å². The van der Waals surface area contributed by atoms with Crippen LogP contribution in [0.1, 0.15) is 31.2 Å². The summed E-state index contributed by atoms with van der Waals surface area (Å²) in [6.45, 7) is -0.143. The van der Waals surface area contributed by atoms with Crippen molar-refractivity contribution in [2.45, 2.75) is 44.4 Å². The van der Waals surface area contributed by atoms with Gasteiger partial charge < -0.3 is 52.8 Å². The lowest BCUT2D eigenvalue weighted by Crippen LogP contribution is -2.51. The molecule has 2 aromatic rings. The first-order valence-corrected chi connectivity index (χ1v) is 14.7. The number of methoxy groups -OCH3 is 1. The number of hydrogen-bond donors (Lipinski definition) is 10. The molecular formula is C29H41N11O8. The first kappa shape index (κ1) is 38.0. The summed E-state index contributed by atoms with van der Waals surface area (Å²) in [5.41, 5.74) is 11.4. The van der Waals surface area contributed by atoms with Gasteiger partial charge in [-0.05, 0) is 55.5 Å². The number of amides is 4. The number of carbonyl (C=O) groups is 4. The summed E-state index contributed by atoms with van der Waals surface area (Å²) in [7, 11) is 1.52. The topological polar surface area (TPSA) is 302 Å². The summed E-state index contributed by atoms with van der Waals surface area (Å²) in [4.78, 5) is 61.8. The minimum Gasteiger partial charge on any atom is -0.497 e. The van der Waals surface area contributed by atoms with Crippen molar-refractivity contribution in [3.8, 4) is 5.75 Å². The van der Waals surface area contributed by atoms with Gasteiger partial charge in [0.05, 0.1) is 18.6 Å². The van der Waals surface area contributed by atoms with Crippen LogP contribution >= 0.6 is 0 Å². The smallest absolute Gasteiger partial charge is 0.408 e. The molecule has 12 N–H and O–H groups in total. The number of carbonyl (C=O) groups excluding carboxylic acids is 4. The maximum absolute atomic E-state index is 13.0. The number of nitrogens with zero attached hydrogens (tertiary/aromatic N) is 1. The fourth-order valence-corrected chi connectivity index (χ4v) is 4.08. The molecule has 4 amide bonds. The minimum atomic E-state index is -1.12. The van der Waals surface area contributed by atoms with Gasteiger partial charge in [-0.15, -0.1) is 0 Å². The predicted molar refractivity (Wildman–Crippen MR) is 175 cm³/mol. The Labute approximate surface area is 276 Å². The van der Waals surface area contributed by atoms with Crippen LogP contribution in [0, 0.1) is 20.9 Å². The van der Waals surface area contributed by atoms with Gasteiger partial charge in [0.15, 0.2) is 11.9 Å². The van der Waals surface area contributed by atoms with E-state index < -0.39 is 47.4 Å². The monoisotopic (exact) mass is 671 g/mol. The van der Waals surface area contributed by atoms with Crippen molar-refractivity contribution in [3.63, 3.8) is 0 Å². The molecule has 0 aliphatic carbocycles. The van der Waals surface area contributed by atoms with Crippen LogP contribution in [0.25, 0.3) is 0 Å². The van der Waals surface area contributed by atoms with Gasteiger partial charge in [-0.2, -0.15) is 0 Å². The van der Waals surface area contributed by atoms with E-state index in [1.807, 2.05) is 0 Å². The number of non-ortho nitro benzene ring substituents is 1. The molecule has 19 nitrogen and oxygen atoms in total. The van der Waals surface area contributed by atoms with Gasteiger partial charge in [-0.3, -0.25) is 35.3 Å². The Morgan fingerprint density at radius 3 is 1.92 bits per heavy atom. The van der Waals surface area contributed by atoms with Crippen molar-refractivity contribution in [2.75, 3.05) is 32.1 Å². The number of nitrogens with one attached hydrogen (secondary N) is 8. The molecule has 2 rings (SSSR count). The van der Waals surface area contributed by atoms with Crippen molar-refractivity contribution in [2.24, 2.45) is 11.5 Å². The molecule has 19 heteroatoms. The number of hydrogen-bond acceptors (Lipinski definition) is 10.